The van der Waals surface area contributed by atoms with Gasteiger partial charge in [-0.25, -0.2) is 0 Å². The number of hydrogen-bond acceptors (Lipinski definition) is 6. The quantitative estimate of drug-likeness (QED) is 0.646. The Kier molecular flexibility index (Phi) is 5.74. The summed E-state index contributed by atoms with van der Waals surface area (Å²) in [5.41, 5.74) is 0.485. The number of fused-ring (bicyclic) bond motifs is 1. The van der Waals surface area contributed by atoms with E-state index in [1.165, 1.54) is 0 Å². The van der Waals surface area contributed by atoms with Crippen molar-refractivity contribution in [3.05, 3.63) is 46.2 Å². The number of nitrogens with zero attached hydrogens (tertiary/aromatic N) is 4. The minimum Gasteiger partial charge on any atom is -0.489 e. The van der Waals surface area contributed by atoms with Crippen LogP contribution in [-0.2, 0) is 5.41 Å². The van der Waals surface area contributed by atoms with E-state index in [-0.39, 0.29) is 18.6 Å². The number of hydrogen-bond donors (Lipinski definition) is 2. The minimum atomic E-state index is -0.763. The van der Waals surface area contributed by atoms with E-state index in [1.54, 1.807) is 28.8 Å². The number of ether oxygens (including phenoxy) is 1. The van der Waals surface area contributed by atoms with Crippen LogP contribution in [0, 0.1) is 0 Å². The first-order chi connectivity index (χ1) is 12.8. The molecule has 1 aromatic carbocycles. The Labute approximate surface area is 167 Å². The SMILES string of the molecule is CC(C)(C)c1nnc2ccc(NCC(O)COc3cccc(Cl)c3Cl)nn12. The van der Waals surface area contributed by atoms with E-state index in [2.05, 4.69) is 20.6 Å². The Morgan fingerprint density at radius 2 is 1.96 bits per heavy atom. The maximum Gasteiger partial charge on any atom is 0.178 e. The van der Waals surface area contributed by atoms with Crippen molar-refractivity contribution in [1.29, 1.82) is 0 Å². The van der Waals surface area contributed by atoms with Crippen LogP contribution in [0.3, 0.4) is 0 Å². The molecule has 0 aliphatic carbocycles. The first-order valence-electron chi connectivity index (χ1n) is 8.47. The average Bonchev–Trinajstić information content (AvgIpc) is 3.04. The first kappa shape index (κ1) is 19.7. The Morgan fingerprint density at radius 1 is 1.19 bits per heavy atom. The van der Waals surface area contributed by atoms with Crippen molar-refractivity contribution in [1.82, 2.24) is 19.8 Å². The number of rotatable bonds is 6. The highest BCUT2D eigenvalue weighted by molar-refractivity contribution is 6.42. The summed E-state index contributed by atoms with van der Waals surface area (Å²) in [6.45, 7) is 6.47. The molecule has 0 radical (unpaired) electrons. The van der Waals surface area contributed by atoms with Gasteiger partial charge in [0.2, 0.25) is 0 Å². The van der Waals surface area contributed by atoms with E-state index in [4.69, 9.17) is 27.9 Å². The molecule has 3 rings (SSSR count). The van der Waals surface area contributed by atoms with E-state index < -0.39 is 6.10 Å². The van der Waals surface area contributed by atoms with Gasteiger partial charge in [0.1, 0.15) is 29.3 Å². The second kappa shape index (κ2) is 7.88. The molecule has 0 saturated heterocycles. The van der Waals surface area contributed by atoms with Gasteiger partial charge in [-0.2, -0.15) is 4.52 Å². The molecule has 27 heavy (non-hydrogen) atoms. The molecular formula is C18H21Cl2N5O2. The second-order valence-corrected chi connectivity index (χ2v) is 7.95. The van der Waals surface area contributed by atoms with E-state index in [0.717, 1.165) is 5.82 Å². The zero-order valence-electron chi connectivity index (χ0n) is 15.3. The Bertz CT molecular complexity index is 939. The highest BCUT2D eigenvalue weighted by Gasteiger charge is 2.22. The smallest absolute Gasteiger partial charge is 0.178 e. The van der Waals surface area contributed by atoms with Gasteiger partial charge in [-0.1, -0.05) is 50.0 Å². The fourth-order valence-electron chi connectivity index (χ4n) is 2.41. The molecule has 0 amide bonds. The van der Waals surface area contributed by atoms with Crippen LogP contribution in [0.1, 0.15) is 26.6 Å². The molecule has 0 spiro atoms. The van der Waals surface area contributed by atoms with Gasteiger partial charge in [0.25, 0.3) is 0 Å². The molecule has 144 valence electrons. The Morgan fingerprint density at radius 3 is 2.70 bits per heavy atom. The lowest BCUT2D eigenvalue weighted by Crippen LogP contribution is -2.27. The molecule has 2 heterocycles. The Balaban J connectivity index is 1.61. The van der Waals surface area contributed by atoms with Crippen LogP contribution in [0.15, 0.2) is 30.3 Å². The average molecular weight is 410 g/mol. The van der Waals surface area contributed by atoms with Crippen LogP contribution in [0.5, 0.6) is 5.75 Å². The number of aromatic nitrogens is 4. The van der Waals surface area contributed by atoms with Gasteiger partial charge < -0.3 is 15.2 Å². The summed E-state index contributed by atoms with van der Waals surface area (Å²) in [5, 5.41) is 26.8. The summed E-state index contributed by atoms with van der Waals surface area (Å²) in [5.74, 6) is 1.80. The van der Waals surface area contributed by atoms with Gasteiger partial charge in [0.15, 0.2) is 11.5 Å². The zero-order chi connectivity index (χ0) is 19.6. The molecule has 0 aliphatic heterocycles. The van der Waals surface area contributed by atoms with Gasteiger partial charge in [-0.05, 0) is 24.3 Å². The Hall–Kier alpha value is -2.09. The number of anilines is 1. The predicted octanol–water partition coefficient (Wildman–Crippen LogP) is 3.58. The molecule has 9 heteroatoms. The molecule has 0 bridgehead atoms. The number of benzene rings is 1. The lowest BCUT2D eigenvalue weighted by molar-refractivity contribution is 0.117. The van der Waals surface area contributed by atoms with E-state index >= 15 is 0 Å². The van der Waals surface area contributed by atoms with E-state index in [9.17, 15) is 5.11 Å². The number of aliphatic hydroxyl groups is 1. The van der Waals surface area contributed by atoms with E-state index in [1.807, 2.05) is 26.8 Å². The maximum absolute atomic E-state index is 10.2. The van der Waals surface area contributed by atoms with Crippen molar-refractivity contribution in [3.63, 3.8) is 0 Å². The number of aliphatic hydroxyl groups excluding tert-OH is 1. The van der Waals surface area contributed by atoms with Gasteiger partial charge in [-0.15, -0.1) is 15.3 Å². The first-order valence-corrected chi connectivity index (χ1v) is 9.23. The number of halogens is 2. The highest BCUT2D eigenvalue weighted by Crippen LogP contribution is 2.31. The molecule has 1 atom stereocenters. The van der Waals surface area contributed by atoms with Gasteiger partial charge in [0, 0.05) is 12.0 Å². The zero-order valence-corrected chi connectivity index (χ0v) is 16.8. The number of nitrogens with one attached hydrogen (secondary N) is 1. The van der Waals surface area contributed by atoms with Crippen molar-refractivity contribution in [2.45, 2.75) is 32.3 Å². The third-order valence-electron chi connectivity index (χ3n) is 3.80. The van der Waals surface area contributed by atoms with Gasteiger partial charge in [-0.3, -0.25) is 0 Å². The molecule has 3 aromatic rings. The molecular weight excluding hydrogens is 389 g/mol. The second-order valence-electron chi connectivity index (χ2n) is 7.16. The normalized spacial score (nSPS) is 13.0. The van der Waals surface area contributed by atoms with Gasteiger partial charge >= 0.3 is 0 Å². The van der Waals surface area contributed by atoms with Crippen molar-refractivity contribution in [2.75, 3.05) is 18.5 Å². The van der Waals surface area contributed by atoms with Crippen LogP contribution in [0.2, 0.25) is 10.0 Å². The molecule has 7 nitrogen and oxygen atoms in total. The molecule has 0 fully saturated rings. The third-order valence-corrected chi connectivity index (χ3v) is 4.60. The van der Waals surface area contributed by atoms with Crippen molar-refractivity contribution >= 4 is 34.7 Å². The minimum absolute atomic E-state index is 0.0647. The van der Waals surface area contributed by atoms with Crippen LogP contribution >= 0.6 is 23.2 Å². The molecule has 2 aromatic heterocycles. The summed E-state index contributed by atoms with van der Waals surface area (Å²) >= 11 is 12.0. The standard InChI is InChI=1S/C18H21Cl2N5O2/c1-18(2,3)17-23-22-15-8-7-14(24-25(15)17)21-9-11(26)10-27-13-6-4-5-12(19)16(13)20/h4-8,11,26H,9-10H2,1-3H3,(H,21,24). The fourth-order valence-corrected chi connectivity index (χ4v) is 2.76. The van der Waals surface area contributed by atoms with Crippen molar-refractivity contribution in [3.8, 4) is 5.75 Å². The van der Waals surface area contributed by atoms with Crippen molar-refractivity contribution in [2.24, 2.45) is 0 Å². The maximum atomic E-state index is 10.2. The molecule has 1 unspecified atom stereocenters. The van der Waals surface area contributed by atoms with Crippen molar-refractivity contribution < 1.29 is 9.84 Å². The predicted molar refractivity (Wildman–Crippen MR) is 106 cm³/mol. The molecule has 0 saturated carbocycles. The van der Waals surface area contributed by atoms with Crippen LogP contribution < -0.4 is 10.1 Å². The highest BCUT2D eigenvalue weighted by atomic mass is 35.5. The summed E-state index contributed by atoms with van der Waals surface area (Å²) in [7, 11) is 0. The monoisotopic (exact) mass is 409 g/mol. The lowest BCUT2D eigenvalue weighted by Gasteiger charge is -2.16. The van der Waals surface area contributed by atoms with E-state index in [0.29, 0.717) is 27.3 Å². The van der Waals surface area contributed by atoms with Crippen LogP contribution in [0.25, 0.3) is 5.65 Å². The summed E-state index contributed by atoms with van der Waals surface area (Å²) in [6.07, 6.45) is -0.763. The summed E-state index contributed by atoms with van der Waals surface area (Å²) in [4.78, 5) is 0. The largest absolute Gasteiger partial charge is 0.489 e. The molecule has 0 aliphatic rings. The van der Waals surface area contributed by atoms with Gasteiger partial charge in [0.05, 0.1) is 5.02 Å². The van der Waals surface area contributed by atoms with Crippen LogP contribution in [-0.4, -0.2) is 44.2 Å². The third kappa shape index (κ3) is 4.61. The van der Waals surface area contributed by atoms with Crippen LogP contribution in [0.4, 0.5) is 5.82 Å². The fraction of sp³-hybridized carbons (Fsp3) is 0.389. The summed E-state index contributed by atoms with van der Waals surface area (Å²) in [6, 6.07) is 8.72. The molecule has 2 N–H and O–H groups in total. The topological polar surface area (TPSA) is 84.6 Å². The summed E-state index contributed by atoms with van der Waals surface area (Å²) < 4.78 is 7.24. The lowest BCUT2D eigenvalue weighted by atomic mass is 9.96.